The lowest BCUT2D eigenvalue weighted by atomic mass is 9.90. The van der Waals surface area contributed by atoms with E-state index in [1.165, 1.54) is 17.6 Å². The molecule has 0 bridgehead atoms. The van der Waals surface area contributed by atoms with Gasteiger partial charge in [0.25, 0.3) is 0 Å². The fourth-order valence-electron chi connectivity index (χ4n) is 1.22. The molecule has 0 nitrogen and oxygen atoms in total. The molecule has 0 aliphatic heterocycles. The van der Waals surface area contributed by atoms with E-state index in [-0.39, 0.29) is 0 Å². The van der Waals surface area contributed by atoms with Gasteiger partial charge in [-0.2, -0.15) is 0 Å². The Morgan fingerprint density at radius 3 is 2.90 bits per heavy atom. The lowest BCUT2D eigenvalue weighted by Crippen LogP contribution is -2.00. The highest BCUT2D eigenvalue weighted by atomic mass is 14.1. The van der Waals surface area contributed by atoms with E-state index in [2.05, 4.69) is 32.6 Å². The van der Waals surface area contributed by atoms with Gasteiger partial charge in [-0.3, -0.25) is 0 Å². The number of allylic oxidation sites excluding steroid dienone is 5. The molecule has 0 N–H and O–H groups in total. The van der Waals surface area contributed by atoms with E-state index in [9.17, 15) is 0 Å². The lowest BCUT2D eigenvalue weighted by molar-refractivity contribution is 0.699. The van der Waals surface area contributed by atoms with Crippen molar-refractivity contribution in [1.82, 2.24) is 0 Å². The first-order chi connectivity index (χ1) is 4.74. The van der Waals surface area contributed by atoms with E-state index in [1.807, 2.05) is 6.08 Å². The van der Waals surface area contributed by atoms with Gasteiger partial charge in [-0.25, -0.2) is 0 Å². The fourth-order valence-corrected chi connectivity index (χ4v) is 1.22. The first-order valence-electron chi connectivity index (χ1n) is 3.75. The van der Waals surface area contributed by atoms with E-state index in [1.54, 1.807) is 0 Å². The predicted molar refractivity (Wildman–Crippen MR) is 45.8 cm³/mol. The molecule has 0 spiro atoms. The molecular weight excluding hydrogens is 120 g/mol. The van der Waals surface area contributed by atoms with Crippen molar-refractivity contribution in [3.8, 4) is 0 Å². The molecule has 0 fully saturated rings. The Kier molecular flexibility index (Phi) is 2.10. The molecule has 1 atom stereocenters. The van der Waals surface area contributed by atoms with Gasteiger partial charge >= 0.3 is 0 Å². The maximum atomic E-state index is 3.77. The molecular formula is C10H14. The molecule has 0 aromatic carbocycles. The molecule has 10 heavy (non-hydrogen) atoms. The zero-order valence-corrected chi connectivity index (χ0v) is 6.72. The number of hydrogen-bond donors (Lipinski definition) is 0. The van der Waals surface area contributed by atoms with Gasteiger partial charge in [-0.05, 0) is 24.8 Å². The predicted octanol–water partition coefficient (Wildman–Crippen LogP) is 3.08. The Labute approximate surface area is 62.9 Å². The Bertz CT molecular complexity index is 194. The molecule has 1 aliphatic rings. The van der Waals surface area contributed by atoms with Crippen molar-refractivity contribution < 1.29 is 0 Å². The summed E-state index contributed by atoms with van der Waals surface area (Å²) in [5.74, 6) is 0.668. The van der Waals surface area contributed by atoms with E-state index >= 15 is 0 Å². The molecule has 0 saturated heterocycles. The minimum atomic E-state index is 0.668. The molecule has 0 aromatic heterocycles. The minimum Gasteiger partial charge on any atom is -0.0988 e. The summed E-state index contributed by atoms with van der Waals surface area (Å²) in [5.41, 5.74) is 2.74. The molecule has 0 heteroatoms. The van der Waals surface area contributed by atoms with Crippen LogP contribution in [0.15, 0.2) is 36.0 Å². The van der Waals surface area contributed by atoms with Crippen molar-refractivity contribution >= 4 is 0 Å². The Balaban J connectivity index is 2.83. The van der Waals surface area contributed by atoms with Crippen LogP contribution < -0.4 is 0 Å². The van der Waals surface area contributed by atoms with Crippen molar-refractivity contribution in [2.75, 3.05) is 0 Å². The zero-order valence-electron chi connectivity index (χ0n) is 6.72. The van der Waals surface area contributed by atoms with Crippen LogP contribution in [0.1, 0.15) is 20.3 Å². The van der Waals surface area contributed by atoms with Crippen molar-refractivity contribution in [2.45, 2.75) is 20.3 Å². The second-order valence-corrected chi connectivity index (χ2v) is 2.93. The minimum absolute atomic E-state index is 0.668. The maximum Gasteiger partial charge on any atom is -0.0156 e. The van der Waals surface area contributed by atoms with E-state index in [4.69, 9.17) is 0 Å². The zero-order chi connectivity index (χ0) is 7.56. The summed E-state index contributed by atoms with van der Waals surface area (Å²) < 4.78 is 0. The van der Waals surface area contributed by atoms with Crippen LogP contribution in [0, 0.1) is 5.92 Å². The maximum absolute atomic E-state index is 3.77. The highest BCUT2D eigenvalue weighted by Crippen LogP contribution is 2.23. The van der Waals surface area contributed by atoms with Crippen LogP contribution in [0.25, 0.3) is 0 Å². The van der Waals surface area contributed by atoms with Crippen LogP contribution in [0.3, 0.4) is 0 Å². The number of rotatable bonds is 1. The SMILES string of the molecule is C=CC1=CC(C)=CCC1C. The number of hydrogen-bond acceptors (Lipinski definition) is 0. The van der Waals surface area contributed by atoms with Crippen LogP contribution in [0.4, 0.5) is 0 Å². The smallest absolute Gasteiger partial charge is 0.0156 e. The van der Waals surface area contributed by atoms with Gasteiger partial charge in [-0.1, -0.05) is 37.3 Å². The van der Waals surface area contributed by atoms with Crippen molar-refractivity contribution in [3.05, 3.63) is 36.0 Å². The normalized spacial score (nSPS) is 25.2. The Morgan fingerprint density at radius 2 is 2.40 bits per heavy atom. The van der Waals surface area contributed by atoms with Crippen LogP contribution >= 0.6 is 0 Å². The fraction of sp³-hybridized carbons (Fsp3) is 0.400. The average molecular weight is 134 g/mol. The third-order valence-electron chi connectivity index (χ3n) is 1.99. The van der Waals surface area contributed by atoms with Gasteiger partial charge < -0.3 is 0 Å². The van der Waals surface area contributed by atoms with Crippen LogP contribution in [0.2, 0.25) is 0 Å². The summed E-state index contributed by atoms with van der Waals surface area (Å²) in [6, 6.07) is 0. The molecule has 1 aliphatic carbocycles. The van der Waals surface area contributed by atoms with Gasteiger partial charge in [-0.15, -0.1) is 0 Å². The van der Waals surface area contributed by atoms with E-state index in [0.717, 1.165) is 0 Å². The molecule has 1 unspecified atom stereocenters. The first-order valence-corrected chi connectivity index (χ1v) is 3.75. The topological polar surface area (TPSA) is 0 Å². The first kappa shape index (κ1) is 7.33. The summed E-state index contributed by atoms with van der Waals surface area (Å²) in [5, 5.41) is 0. The summed E-state index contributed by atoms with van der Waals surface area (Å²) in [6.07, 6.45) is 7.61. The molecule has 1 rings (SSSR count). The Morgan fingerprint density at radius 1 is 1.70 bits per heavy atom. The summed E-state index contributed by atoms with van der Waals surface area (Å²) in [6.45, 7) is 8.14. The van der Waals surface area contributed by atoms with Crippen LogP contribution in [-0.4, -0.2) is 0 Å². The second-order valence-electron chi connectivity index (χ2n) is 2.93. The van der Waals surface area contributed by atoms with Gasteiger partial charge in [0, 0.05) is 0 Å². The van der Waals surface area contributed by atoms with Crippen molar-refractivity contribution in [3.63, 3.8) is 0 Å². The van der Waals surface area contributed by atoms with Gasteiger partial charge in [0.2, 0.25) is 0 Å². The van der Waals surface area contributed by atoms with Crippen LogP contribution in [0.5, 0.6) is 0 Å². The second kappa shape index (κ2) is 2.87. The van der Waals surface area contributed by atoms with Gasteiger partial charge in [0.1, 0.15) is 0 Å². The third kappa shape index (κ3) is 1.38. The van der Waals surface area contributed by atoms with Crippen molar-refractivity contribution in [1.29, 1.82) is 0 Å². The third-order valence-corrected chi connectivity index (χ3v) is 1.99. The molecule has 0 amide bonds. The summed E-state index contributed by atoms with van der Waals surface area (Å²) in [7, 11) is 0. The van der Waals surface area contributed by atoms with Gasteiger partial charge in [0.05, 0.1) is 0 Å². The summed E-state index contributed by atoms with van der Waals surface area (Å²) in [4.78, 5) is 0. The highest BCUT2D eigenvalue weighted by Gasteiger charge is 2.07. The largest absolute Gasteiger partial charge is 0.0988 e. The van der Waals surface area contributed by atoms with E-state index < -0.39 is 0 Å². The molecule has 0 aromatic rings. The molecule has 0 radical (unpaired) electrons. The van der Waals surface area contributed by atoms with Crippen LogP contribution in [-0.2, 0) is 0 Å². The quantitative estimate of drug-likeness (QED) is 0.517. The van der Waals surface area contributed by atoms with Gasteiger partial charge in [0.15, 0.2) is 0 Å². The average Bonchev–Trinajstić information content (AvgIpc) is 1.94. The summed E-state index contributed by atoms with van der Waals surface area (Å²) >= 11 is 0. The van der Waals surface area contributed by atoms with E-state index in [0.29, 0.717) is 5.92 Å². The molecule has 0 saturated carbocycles. The monoisotopic (exact) mass is 134 g/mol. The Hall–Kier alpha value is -0.780. The standard InChI is InChI=1S/C10H14/c1-4-10-7-8(2)5-6-9(10)3/h4-5,7,9H,1,6H2,2-3H3. The lowest BCUT2D eigenvalue weighted by Gasteiger charge is -2.15. The molecule has 54 valence electrons. The van der Waals surface area contributed by atoms with Crippen molar-refractivity contribution in [2.24, 2.45) is 5.92 Å². The molecule has 0 heterocycles. The highest BCUT2D eigenvalue weighted by molar-refractivity contribution is 5.33.